The molecule has 2 amide bonds. The minimum absolute atomic E-state index is 0.245. The van der Waals surface area contributed by atoms with E-state index in [1.54, 1.807) is 29.8 Å². The van der Waals surface area contributed by atoms with Gasteiger partial charge in [-0.15, -0.1) is 0 Å². The smallest absolute Gasteiger partial charge is 0.416 e. The number of methoxy groups -OCH3 is 2. The van der Waals surface area contributed by atoms with Crippen LogP contribution < -0.4 is 21.1 Å². The van der Waals surface area contributed by atoms with Crippen LogP contribution in [0.3, 0.4) is 0 Å². The molecule has 1 aromatic carbocycles. The van der Waals surface area contributed by atoms with Crippen molar-refractivity contribution in [2.24, 2.45) is 0 Å². The van der Waals surface area contributed by atoms with Crippen LogP contribution in [-0.4, -0.2) is 64.4 Å². The van der Waals surface area contributed by atoms with Gasteiger partial charge in [-0.05, 0) is 36.9 Å². The van der Waals surface area contributed by atoms with Gasteiger partial charge in [-0.3, -0.25) is 10.2 Å². The number of hydrogen-bond donors (Lipinski definition) is 3. The van der Waals surface area contributed by atoms with Crippen molar-refractivity contribution in [3.63, 3.8) is 0 Å². The molecule has 0 saturated heterocycles. The van der Waals surface area contributed by atoms with E-state index in [4.69, 9.17) is 15.2 Å². The Morgan fingerprint density at radius 3 is 2.60 bits per heavy atom. The lowest BCUT2D eigenvalue weighted by Gasteiger charge is -2.19. The molecule has 0 bridgehead atoms. The van der Waals surface area contributed by atoms with Gasteiger partial charge in [0.25, 0.3) is 0 Å². The third-order valence-electron chi connectivity index (χ3n) is 6.18. The van der Waals surface area contributed by atoms with E-state index in [0.717, 1.165) is 42.7 Å². The minimum atomic E-state index is -4.56. The van der Waals surface area contributed by atoms with E-state index in [0.29, 0.717) is 35.7 Å². The number of amides is 2. The molecular weight excluding hydrogens is 529 g/mol. The lowest BCUT2D eigenvalue weighted by Crippen LogP contribution is -2.27. The van der Waals surface area contributed by atoms with Crippen LogP contribution in [0.4, 0.5) is 35.3 Å². The summed E-state index contributed by atoms with van der Waals surface area (Å²) in [7, 11) is 3.14. The Hall–Kier alpha value is -4.43. The Balaban J connectivity index is 1.61. The second-order valence-corrected chi connectivity index (χ2v) is 8.74. The highest BCUT2D eigenvalue weighted by molar-refractivity contribution is 6.00. The number of halogens is 3. The fourth-order valence-corrected chi connectivity index (χ4v) is 4.19. The number of alkyl halides is 3. The molecule has 3 aromatic heterocycles. The zero-order valence-electron chi connectivity index (χ0n) is 22.1. The van der Waals surface area contributed by atoms with Crippen molar-refractivity contribution in [1.82, 2.24) is 24.5 Å². The Morgan fingerprint density at radius 2 is 1.90 bits per heavy atom. The molecular formula is C26H29F3N8O3. The van der Waals surface area contributed by atoms with E-state index in [1.165, 1.54) is 13.4 Å². The van der Waals surface area contributed by atoms with Crippen LogP contribution in [0, 0.1) is 0 Å². The van der Waals surface area contributed by atoms with Crippen LogP contribution in [-0.2, 0) is 17.5 Å². The maximum Gasteiger partial charge on any atom is 0.416 e. The molecule has 0 fully saturated rings. The highest BCUT2D eigenvalue weighted by Crippen LogP contribution is 2.38. The molecule has 40 heavy (non-hydrogen) atoms. The van der Waals surface area contributed by atoms with Crippen molar-refractivity contribution >= 4 is 28.9 Å². The molecule has 0 aliphatic rings. The first kappa shape index (κ1) is 28.6. The molecule has 0 saturated carbocycles. The van der Waals surface area contributed by atoms with Gasteiger partial charge >= 0.3 is 12.2 Å². The summed E-state index contributed by atoms with van der Waals surface area (Å²) >= 11 is 0. The fraction of sp³-hybridized carbons (Fsp3) is 0.308. The number of ether oxygens (including phenoxy) is 2. The highest BCUT2D eigenvalue weighted by Gasteiger charge is 2.31. The van der Waals surface area contributed by atoms with Crippen LogP contribution in [0.2, 0.25) is 0 Å². The van der Waals surface area contributed by atoms with Gasteiger partial charge < -0.3 is 20.5 Å². The van der Waals surface area contributed by atoms with E-state index in [1.807, 2.05) is 6.07 Å². The summed E-state index contributed by atoms with van der Waals surface area (Å²) in [6.07, 6.45) is -2.20. The molecule has 0 radical (unpaired) electrons. The first-order valence-electron chi connectivity index (χ1n) is 12.3. The van der Waals surface area contributed by atoms with Gasteiger partial charge in [0.1, 0.15) is 23.4 Å². The topological polar surface area (TPSA) is 132 Å². The van der Waals surface area contributed by atoms with E-state index in [2.05, 4.69) is 37.5 Å². The molecule has 4 N–H and O–H groups in total. The van der Waals surface area contributed by atoms with Gasteiger partial charge in [-0.25, -0.2) is 19.3 Å². The predicted molar refractivity (Wildman–Crippen MR) is 144 cm³/mol. The van der Waals surface area contributed by atoms with E-state index >= 15 is 0 Å². The van der Waals surface area contributed by atoms with E-state index in [-0.39, 0.29) is 11.6 Å². The van der Waals surface area contributed by atoms with E-state index < -0.39 is 17.8 Å². The number of nitrogens with zero attached hydrogens (tertiary/aromatic N) is 5. The summed E-state index contributed by atoms with van der Waals surface area (Å²) in [5.41, 5.74) is 8.58. The largest absolute Gasteiger partial charge is 0.496 e. The number of nitrogens with two attached hydrogens (primary N) is 1. The number of pyridine rings is 1. The Morgan fingerprint density at radius 1 is 1.10 bits per heavy atom. The van der Waals surface area contributed by atoms with Crippen molar-refractivity contribution in [3.8, 4) is 16.9 Å². The number of fused-ring (bicyclic) bond motifs is 1. The third-order valence-corrected chi connectivity index (χ3v) is 6.18. The molecule has 0 unspecified atom stereocenters. The number of hydrogen-bond acceptors (Lipinski definition) is 8. The lowest BCUT2D eigenvalue weighted by molar-refractivity contribution is -0.137. The predicted octanol–water partition coefficient (Wildman–Crippen LogP) is 4.51. The molecule has 11 nitrogen and oxygen atoms in total. The normalized spacial score (nSPS) is 11.7. The van der Waals surface area contributed by atoms with E-state index in [9.17, 15) is 18.0 Å². The van der Waals surface area contributed by atoms with Gasteiger partial charge in [0, 0.05) is 49.3 Å². The molecule has 0 atom stereocenters. The van der Waals surface area contributed by atoms with Crippen LogP contribution in [0.5, 0.6) is 5.75 Å². The third kappa shape index (κ3) is 6.40. The molecule has 4 rings (SSSR count). The number of anilines is 3. The fourth-order valence-electron chi connectivity index (χ4n) is 4.19. The quantitative estimate of drug-likeness (QED) is 0.259. The summed E-state index contributed by atoms with van der Waals surface area (Å²) in [6, 6.07) is 7.73. The van der Waals surface area contributed by atoms with Gasteiger partial charge in [0.2, 0.25) is 0 Å². The highest BCUT2D eigenvalue weighted by atomic mass is 19.4. The average Bonchev–Trinajstić information content (AvgIpc) is 3.29. The standard InChI is InChI=1S/C26H29F3N8O3/c1-4-36(9-10-39-2)14-18-13-20(23-24(30)32-15-33-37(18)23)19-6-5-17(12-21(19)40-3)34-25(38)35-22-11-16(7-8-31-22)26(27,28)29/h5-8,11-13,15H,4,9-10,14H2,1-3H3,(H2,30,32,33)(H2,31,34,35,38). The zero-order chi connectivity index (χ0) is 28.9. The lowest BCUT2D eigenvalue weighted by atomic mass is 10.0. The molecule has 0 aliphatic heterocycles. The van der Waals surface area contributed by atoms with Gasteiger partial charge in [0.05, 0.1) is 25.0 Å². The van der Waals surface area contributed by atoms with Crippen molar-refractivity contribution in [1.29, 1.82) is 0 Å². The first-order valence-corrected chi connectivity index (χ1v) is 12.3. The molecule has 3 heterocycles. The van der Waals surface area contributed by atoms with Crippen molar-refractivity contribution in [2.75, 3.05) is 50.3 Å². The zero-order valence-corrected chi connectivity index (χ0v) is 22.1. The summed E-state index contributed by atoms with van der Waals surface area (Å²) in [4.78, 5) is 22.6. The van der Waals surface area contributed by atoms with Crippen molar-refractivity contribution < 1.29 is 27.4 Å². The van der Waals surface area contributed by atoms with Crippen LogP contribution in [0.15, 0.2) is 48.9 Å². The number of aromatic nitrogens is 4. The summed E-state index contributed by atoms with van der Waals surface area (Å²) < 4.78 is 51.5. The number of urea groups is 1. The molecule has 0 spiro atoms. The number of carbonyl (C=O) groups excluding carboxylic acids is 1. The van der Waals surface area contributed by atoms with Gasteiger partial charge in [0.15, 0.2) is 5.82 Å². The van der Waals surface area contributed by atoms with Crippen molar-refractivity contribution in [2.45, 2.75) is 19.6 Å². The second-order valence-electron chi connectivity index (χ2n) is 8.74. The monoisotopic (exact) mass is 558 g/mol. The van der Waals surface area contributed by atoms with Gasteiger partial charge in [-0.2, -0.15) is 18.3 Å². The summed E-state index contributed by atoms with van der Waals surface area (Å²) in [5.74, 6) is 0.461. The molecule has 212 valence electrons. The van der Waals surface area contributed by atoms with Crippen LogP contribution >= 0.6 is 0 Å². The van der Waals surface area contributed by atoms with Crippen molar-refractivity contribution in [3.05, 3.63) is 60.2 Å². The number of likely N-dealkylation sites (N-methyl/N-ethyl adjacent to an activating group) is 1. The summed E-state index contributed by atoms with van der Waals surface area (Å²) in [6.45, 7) is 4.76. The minimum Gasteiger partial charge on any atom is -0.496 e. The SMILES string of the molecule is CCN(CCOC)Cc1cc(-c2ccc(NC(=O)Nc3cc(C(F)(F)F)ccn3)cc2OC)c2c(N)ncnn12. The summed E-state index contributed by atoms with van der Waals surface area (Å²) in [5, 5.41) is 9.31. The maximum atomic E-state index is 13.0. The Kier molecular flexibility index (Phi) is 8.70. The Bertz CT molecular complexity index is 1490. The number of benzene rings is 1. The number of nitrogen functional groups attached to an aromatic ring is 1. The maximum absolute atomic E-state index is 13.0. The first-order chi connectivity index (χ1) is 19.1. The Labute approximate surface area is 228 Å². The second kappa shape index (κ2) is 12.2. The molecule has 14 heteroatoms. The molecule has 0 aliphatic carbocycles. The average molecular weight is 559 g/mol. The number of nitrogens with one attached hydrogen (secondary N) is 2. The van der Waals surface area contributed by atoms with Crippen LogP contribution in [0.25, 0.3) is 16.6 Å². The molecule has 4 aromatic rings. The van der Waals surface area contributed by atoms with Gasteiger partial charge in [-0.1, -0.05) is 6.92 Å². The van der Waals surface area contributed by atoms with Crippen LogP contribution in [0.1, 0.15) is 18.2 Å². The number of carbonyl (C=O) groups is 1. The number of rotatable bonds is 10.